The zero-order valence-corrected chi connectivity index (χ0v) is 19.1. The Kier molecular flexibility index (Phi) is 7.37. The van der Waals surface area contributed by atoms with E-state index in [-0.39, 0.29) is 13.2 Å². The highest BCUT2D eigenvalue weighted by atomic mass is 35.5. The van der Waals surface area contributed by atoms with Crippen LogP contribution >= 0.6 is 11.6 Å². The van der Waals surface area contributed by atoms with Crippen molar-refractivity contribution >= 4 is 17.9 Å². The molecule has 6 nitrogen and oxygen atoms in total. The van der Waals surface area contributed by atoms with Crippen molar-refractivity contribution in [1.29, 1.82) is 0 Å². The van der Waals surface area contributed by atoms with Crippen LogP contribution in [0.15, 0.2) is 48.5 Å². The van der Waals surface area contributed by atoms with Crippen molar-refractivity contribution in [3.8, 4) is 34.1 Å². The van der Waals surface area contributed by atoms with Crippen LogP contribution in [0, 0.1) is 6.92 Å². The number of hydrogen-bond acceptors (Lipinski definition) is 6. The summed E-state index contributed by atoms with van der Waals surface area (Å²) in [6.07, 6.45) is 1.15. The third kappa shape index (κ3) is 5.24. The van der Waals surface area contributed by atoms with E-state index in [1.54, 1.807) is 6.07 Å². The molecule has 0 radical (unpaired) electrons. The van der Waals surface area contributed by atoms with Gasteiger partial charge in [-0.2, -0.15) is 0 Å². The highest BCUT2D eigenvalue weighted by Gasteiger charge is 2.15. The van der Waals surface area contributed by atoms with E-state index in [2.05, 4.69) is 6.07 Å². The van der Waals surface area contributed by atoms with E-state index < -0.39 is 0 Å². The number of aldehydes is 1. The molecule has 33 heavy (non-hydrogen) atoms. The van der Waals surface area contributed by atoms with Gasteiger partial charge in [0.1, 0.15) is 31.3 Å². The minimum atomic E-state index is 0.00631. The van der Waals surface area contributed by atoms with Gasteiger partial charge in [0, 0.05) is 19.1 Å². The van der Waals surface area contributed by atoms with Crippen LogP contribution in [-0.2, 0) is 6.61 Å². The predicted octanol–water partition coefficient (Wildman–Crippen LogP) is 5.24. The van der Waals surface area contributed by atoms with Crippen molar-refractivity contribution in [3.63, 3.8) is 0 Å². The molecule has 0 saturated carbocycles. The second-order valence-corrected chi connectivity index (χ2v) is 8.01. The monoisotopic (exact) mass is 468 g/mol. The van der Waals surface area contributed by atoms with E-state index in [4.69, 9.17) is 35.7 Å². The molecule has 1 aliphatic heterocycles. The molecule has 1 N–H and O–H groups in total. The first kappa shape index (κ1) is 23.0. The number of fused-ring (bicyclic) bond motifs is 1. The minimum absolute atomic E-state index is 0.00631. The summed E-state index contributed by atoms with van der Waals surface area (Å²) in [5, 5.41) is 9.29. The molecular formula is C26H25ClO6. The Balaban J connectivity index is 1.55. The molecule has 172 valence electrons. The number of hydrogen-bond donors (Lipinski definition) is 1. The SMILES string of the molecule is Cc1c(COc2cc(OCCCO)c(C=O)cc2Cl)cccc1-c1ccc2c(c1)OCCO2. The molecule has 0 atom stereocenters. The average Bonchev–Trinajstić information content (AvgIpc) is 2.84. The first-order chi connectivity index (χ1) is 16.1. The Hall–Kier alpha value is -3.22. The molecule has 1 aliphatic rings. The molecule has 4 rings (SSSR count). The zero-order chi connectivity index (χ0) is 23.2. The first-order valence-corrected chi connectivity index (χ1v) is 11.1. The first-order valence-electron chi connectivity index (χ1n) is 10.7. The van der Waals surface area contributed by atoms with Gasteiger partial charge < -0.3 is 24.1 Å². The third-order valence-electron chi connectivity index (χ3n) is 5.43. The summed E-state index contributed by atoms with van der Waals surface area (Å²) >= 11 is 6.34. The summed E-state index contributed by atoms with van der Waals surface area (Å²) in [7, 11) is 0. The van der Waals surface area contributed by atoms with Gasteiger partial charge in [0.15, 0.2) is 17.8 Å². The molecule has 0 bridgehead atoms. The lowest BCUT2D eigenvalue weighted by Crippen LogP contribution is -2.15. The maximum atomic E-state index is 11.4. The fourth-order valence-electron chi connectivity index (χ4n) is 3.64. The summed E-state index contributed by atoms with van der Waals surface area (Å²) in [6, 6.07) is 15.1. The zero-order valence-electron chi connectivity index (χ0n) is 18.3. The fourth-order valence-corrected chi connectivity index (χ4v) is 3.87. The van der Waals surface area contributed by atoms with E-state index in [9.17, 15) is 4.79 Å². The molecule has 0 spiro atoms. The van der Waals surface area contributed by atoms with Gasteiger partial charge in [-0.25, -0.2) is 0 Å². The van der Waals surface area contributed by atoms with Crippen molar-refractivity contribution in [1.82, 2.24) is 0 Å². The van der Waals surface area contributed by atoms with E-state index in [1.807, 2.05) is 37.3 Å². The van der Waals surface area contributed by atoms with Gasteiger partial charge >= 0.3 is 0 Å². The van der Waals surface area contributed by atoms with Gasteiger partial charge in [0.05, 0.1) is 17.2 Å². The molecule has 0 aliphatic carbocycles. The van der Waals surface area contributed by atoms with Crippen LogP contribution in [0.5, 0.6) is 23.0 Å². The number of aliphatic hydroxyl groups is 1. The largest absolute Gasteiger partial charge is 0.493 e. The van der Waals surface area contributed by atoms with Crippen LogP contribution in [0.1, 0.15) is 27.9 Å². The number of benzene rings is 3. The summed E-state index contributed by atoms with van der Waals surface area (Å²) < 4.78 is 23.0. The van der Waals surface area contributed by atoms with Crippen LogP contribution < -0.4 is 18.9 Å². The Bertz CT molecular complexity index is 1140. The van der Waals surface area contributed by atoms with Crippen molar-refractivity contribution < 1.29 is 28.8 Å². The lowest BCUT2D eigenvalue weighted by atomic mass is 9.96. The highest BCUT2D eigenvalue weighted by Crippen LogP contribution is 2.37. The van der Waals surface area contributed by atoms with Gasteiger partial charge in [0.25, 0.3) is 0 Å². The molecule has 0 unspecified atom stereocenters. The van der Waals surface area contributed by atoms with Gasteiger partial charge in [-0.15, -0.1) is 0 Å². The van der Waals surface area contributed by atoms with Crippen LogP contribution in [-0.4, -0.2) is 37.8 Å². The van der Waals surface area contributed by atoms with Gasteiger partial charge in [-0.1, -0.05) is 35.9 Å². The Morgan fingerprint density at radius 1 is 1.03 bits per heavy atom. The quantitative estimate of drug-likeness (QED) is 0.342. The van der Waals surface area contributed by atoms with Crippen molar-refractivity contribution in [2.45, 2.75) is 20.0 Å². The average molecular weight is 469 g/mol. The predicted molar refractivity (Wildman–Crippen MR) is 126 cm³/mol. The summed E-state index contributed by atoms with van der Waals surface area (Å²) in [5.41, 5.74) is 4.52. The van der Waals surface area contributed by atoms with Crippen molar-refractivity contribution in [3.05, 3.63) is 70.2 Å². The summed E-state index contributed by atoms with van der Waals surface area (Å²) in [4.78, 5) is 11.4. The van der Waals surface area contributed by atoms with E-state index in [0.717, 1.165) is 33.8 Å². The van der Waals surface area contributed by atoms with Crippen molar-refractivity contribution in [2.24, 2.45) is 0 Å². The molecule has 3 aromatic carbocycles. The van der Waals surface area contributed by atoms with Crippen LogP contribution in [0.4, 0.5) is 0 Å². The number of rotatable bonds is 9. The minimum Gasteiger partial charge on any atom is -0.493 e. The Labute approximate surface area is 197 Å². The third-order valence-corrected chi connectivity index (χ3v) is 5.73. The Morgan fingerprint density at radius 3 is 2.64 bits per heavy atom. The maximum Gasteiger partial charge on any atom is 0.161 e. The second-order valence-electron chi connectivity index (χ2n) is 7.60. The number of carbonyl (C=O) groups excluding carboxylic acids is 1. The number of carbonyl (C=O) groups is 1. The van der Waals surface area contributed by atoms with Gasteiger partial charge in [-0.3, -0.25) is 4.79 Å². The van der Waals surface area contributed by atoms with Gasteiger partial charge in [-0.05, 0) is 47.4 Å². The molecule has 1 heterocycles. The van der Waals surface area contributed by atoms with E-state index in [0.29, 0.717) is 54.6 Å². The summed E-state index contributed by atoms with van der Waals surface area (Å²) in [5.74, 6) is 2.30. The van der Waals surface area contributed by atoms with Crippen LogP contribution in [0.3, 0.4) is 0 Å². The van der Waals surface area contributed by atoms with Crippen LogP contribution in [0.25, 0.3) is 11.1 Å². The molecule has 7 heteroatoms. The topological polar surface area (TPSA) is 74.2 Å². The number of aliphatic hydroxyl groups excluding tert-OH is 1. The number of halogens is 1. The van der Waals surface area contributed by atoms with Crippen LogP contribution in [0.2, 0.25) is 5.02 Å². The molecule has 3 aromatic rings. The standard InChI is InChI=1S/C26H25ClO6/c1-17-19(4-2-5-21(17)18-6-7-23-26(13-18)32-11-10-31-23)16-33-25-14-24(30-9-3-8-28)20(15-29)12-22(25)27/h2,4-7,12-15,28H,3,8-11,16H2,1H3. The molecule has 0 fully saturated rings. The molecular weight excluding hydrogens is 444 g/mol. The van der Waals surface area contributed by atoms with Crippen molar-refractivity contribution in [2.75, 3.05) is 26.4 Å². The fraction of sp³-hybridized carbons (Fsp3) is 0.269. The smallest absolute Gasteiger partial charge is 0.161 e. The highest BCUT2D eigenvalue weighted by molar-refractivity contribution is 6.32. The summed E-state index contributed by atoms with van der Waals surface area (Å²) in [6.45, 7) is 3.73. The lowest BCUT2D eigenvalue weighted by molar-refractivity contribution is 0.111. The normalized spacial score (nSPS) is 12.3. The number of ether oxygens (including phenoxy) is 4. The lowest BCUT2D eigenvalue weighted by Gasteiger charge is -2.20. The second kappa shape index (κ2) is 10.6. The maximum absolute atomic E-state index is 11.4. The Morgan fingerprint density at radius 2 is 1.85 bits per heavy atom. The molecule has 0 aromatic heterocycles. The molecule has 0 amide bonds. The molecule has 0 saturated heterocycles. The van der Waals surface area contributed by atoms with E-state index in [1.165, 1.54) is 6.07 Å². The van der Waals surface area contributed by atoms with Gasteiger partial charge in [0.2, 0.25) is 0 Å². The van der Waals surface area contributed by atoms with E-state index >= 15 is 0 Å².